The number of ether oxygens (including phenoxy) is 1. The molecule has 0 aromatic carbocycles. The number of hydrogen-bond acceptors (Lipinski definition) is 4. The Bertz CT molecular complexity index is 189. The first-order valence-corrected chi connectivity index (χ1v) is 4.44. The Balaban J connectivity index is 4.01. The van der Waals surface area contributed by atoms with Gasteiger partial charge in [0.2, 0.25) is 0 Å². The highest BCUT2D eigenvalue weighted by molar-refractivity contribution is 6.02. The van der Waals surface area contributed by atoms with Crippen molar-refractivity contribution in [3.8, 4) is 0 Å². The van der Waals surface area contributed by atoms with Crippen molar-refractivity contribution in [1.29, 1.82) is 0 Å². The molecule has 0 heterocycles. The molecule has 0 fully saturated rings. The Morgan fingerprint density at radius 3 is 2.31 bits per heavy atom. The van der Waals surface area contributed by atoms with Crippen LogP contribution in [0.2, 0.25) is 0 Å². The highest BCUT2D eigenvalue weighted by Gasteiger charge is 2.23. The molecule has 4 heteroatoms. The number of rotatable bonds is 5. The lowest BCUT2D eigenvalue weighted by Gasteiger charge is -2.10. The third kappa shape index (κ3) is 4.62. The van der Waals surface area contributed by atoms with Crippen LogP contribution in [0, 0.1) is 5.92 Å². The Kier molecular flexibility index (Phi) is 5.30. The normalized spacial score (nSPS) is 12.7. The molecule has 0 saturated heterocycles. The molecule has 0 aromatic rings. The van der Waals surface area contributed by atoms with Crippen LogP contribution in [0.5, 0.6) is 0 Å². The third-order valence-electron chi connectivity index (χ3n) is 1.50. The van der Waals surface area contributed by atoms with Crippen molar-refractivity contribution in [3.63, 3.8) is 0 Å². The average Bonchev–Trinajstić information content (AvgIpc) is 2.02. The molecule has 76 valence electrons. The van der Waals surface area contributed by atoms with E-state index in [1.165, 1.54) is 0 Å². The molecule has 1 unspecified atom stereocenters. The first-order valence-electron chi connectivity index (χ1n) is 4.44. The zero-order chi connectivity index (χ0) is 10.4. The summed E-state index contributed by atoms with van der Waals surface area (Å²) in [4.78, 5) is 22.2. The summed E-state index contributed by atoms with van der Waals surface area (Å²) in [5.74, 6) is -0.672. The summed E-state index contributed by atoms with van der Waals surface area (Å²) in [7, 11) is 0. The van der Waals surface area contributed by atoms with Crippen LogP contribution in [0.4, 0.5) is 0 Å². The summed E-state index contributed by atoms with van der Waals surface area (Å²) in [6, 6.07) is -1.11. The van der Waals surface area contributed by atoms with E-state index in [1.54, 1.807) is 6.92 Å². The summed E-state index contributed by atoms with van der Waals surface area (Å²) in [5, 5.41) is 0. The highest BCUT2D eigenvalue weighted by Crippen LogP contribution is 2.02. The Hall–Kier alpha value is -0.900. The average molecular weight is 187 g/mol. The maximum Gasteiger partial charge on any atom is 0.330 e. The van der Waals surface area contributed by atoms with E-state index in [9.17, 15) is 9.59 Å². The van der Waals surface area contributed by atoms with Crippen molar-refractivity contribution in [3.05, 3.63) is 0 Å². The van der Waals surface area contributed by atoms with Gasteiger partial charge in [-0.2, -0.15) is 0 Å². The fourth-order valence-corrected chi connectivity index (χ4v) is 0.893. The van der Waals surface area contributed by atoms with Gasteiger partial charge in [0.15, 0.2) is 11.8 Å². The van der Waals surface area contributed by atoms with Gasteiger partial charge in [0, 0.05) is 6.42 Å². The zero-order valence-electron chi connectivity index (χ0n) is 8.37. The Labute approximate surface area is 78.4 Å². The molecular formula is C9H17NO3. The number of nitrogens with two attached hydrogens (primary N) is 1. The van der Waals surface area contributed by atoms with Crippen molar-refractivity contribution in [1.82, 2.24) is 0 Å². The molecule has 1 atom stereocenters. The number of esters is 1. The first kappa shape index (κ1) is 12.1. The van der Waals surface area contributed by atoms with Crippen LogP contribution >= 0.6 is 0 Å². The van der Waals surface area contributed by atoms with Crippen molar-refractivity contribution in [2.75, 3.05) is 6.61 Å². The number of Topliss-reactive ketones (excluding diaryl/α,β-unsaturated/α-hetero) is 1. The number of carbonyl (C=O) groups excluding carboxylic acids is 2. The van der Waals surface area contributed by atoms with Crippen molar-refractivity contribution in [2.45, 2.75) is 33.2 Å². The molecule has 0 amide bonds. The van der Waals surface area contributed by atoms with Crippen molar-refractivity contribution < 1.29 is 14.3 Å². The predicted octanol–water partition coefficient (Wildman–Crippen LogP) is 0.492. The summed E-state index contributed by atoms with van der Waals surface area (Å²) in [6.45, 7) is 5.73. The lowest BCUT2D eigenvalue weighted by atomic mass is 10.0. The van der Waals surface area contributed by atoms with Crippen LogP contribution in [-0.2, 0) is 14.3 Å². The molecule has 0 aliphatic heterocycles. The number of carbonyl (C=O) groups is 2. The minimum atomic E-state index is -1.11. The molecular weight excluding hydrogens is 170 g/mol. The van der Waals surface area contributed by atoms with E-state index >= 15 is 0 Å². The fourth-order valence-electron chi connectivity index (χ4n) is 0.893. The van der Waals surface area contributed by atoms with Crippen LogP contribution in [0.25, 0.3) is 0 Å². The second-order valence-corrected chi connectivity index (χ2v) is 3.29. The Morgan fingerprint density at radius 1 is 1.38 bits per heavy atom. The smallest absolute Gasteiger partial charge is 0.330 e. The van der Waals surface area contributed by atoms with E-state index in [1.807, 2.05) is 13.8 Å². The van der Waals surface area contributed by atoms with Gasteiger partial charge in [-0.3, -0.25) is 4.79 Å². The van der Waals surface area contributed by atoms with Gasteiger partial charge in [0.1, 0.15) is 0 Å². The molecule has 0 aliphatic carbocycles. The molecule has 0 rings (SSSR count). The lowest BCUT2D eigenvalue weighted by molar-refractivity contribution is -0.147. The summed E-state index contributed by atoms with van der Waals surface area (Å²) < 4.78 is 4.62. The van der Waals surface area contributed by atoms with E-state index in [2.05, 4.69) is 4.74 Å². The molecule has 0 aromatic heterocycles. The van der Waals surface area contributed by atoms with E-state index in [4.69, 9.17) is 5.73 Å². The number of ketones is 1. The third-order valence-corrected chi connectivity index (χ3v) is 1.50. The molecule has 0 radical (unpaired) electrons. The van der Waals surface area contributed by atoms with E-state index in [-0.39, 0.29) is 18.3 Å². The second kappa shape index (κ2) is 5.70. The minimum Gasteiger partial charge on any atom is -0.464 e. The topological polar surface area (TPSA) is 69.4 Å². The van der Waals surface area contributed by atoms with E-state index in [0.717, 1.165) is 0 Å². The maximum absolute atomic E-state index is 11.2. The van der Waals surface area contributed by atoms with Crippen molar-refractivity contribution >= 4 is 11.8 Å². The maximum atomic E-state index is 11.2. The van der Waals surface area contributed by atoms with Gasteiger partial charge < -0.3 is 10.5 Å². The van der Waals surface area contributed by atoms with Crippen LogP contribution in [0.3, 0.4) is 0 Å². The summed E-state index contributed by atoms with van der Waals surface area (Å²) in [6.07, 6.45) is 0.319. The zero-order valence-corrected chi connectivity index (χ0v) is 8.37. The van der Waals surface area contributed by atoms with Crippen LogP contribution < -0.4 is 5.73 Å². The monoisotopic (exact) mass is 187 g/mol. The molecule has 13 heavy (non-hydrogen) atoms. The molecule has 0 spiro atoms. The standard InChI is InChI=1S/C9H17NO3/c1-4-13-9(12)8(10)7(11)5-6(2)3/h6,8H,4-5,10H2,1-3H3. The van der Waals surface area contributed by atoms with Crippen LogP contribution in [-0.4, -0.2) is 24.4 Å². The van der Waals surface area contributed by atoms with Gasteiger partial charge in [0.05, 0.1) is 6.61 Å². The molecule has 0 bridgehead atoms. The van der Waals surface area contributed by atoms with Gasteiger partial charge >= 0.3 is 5.97 Å². The molecule has 2 N–H and O–H groups in total. The summed E-state index contributed by atoms with van der Waals surface area (Å²) >= 11 is 0. The lowest BCUT2D eigenvalue weighted by Crippen LogP contribution is -2.40. The van der Waals surface area contributed by atoms with Gasteiger partial charge in [-0.05, 0) is 12.8 Å². The highest BCUT2D eigenvalue weighted by atomic mass is 16.5. The molecule has 4 nitrogen and oxygen atoms in total. The largest absolute Gasteiger partial charge is 0.464 e. The fraction of sp³-hybridized carbons (Fsp3) is 0.778. The van der Waals surface area contributed by atoms with Gasteiger partial charge in [0.25, 0.3) is 0 Å². The summed E-state index contributed by atoms with van der Waals surface area (Å²) in [5.41, 5.74) is 5.37. The first-order chi connectivity index (χ1) is 5.99. The van der Waals surface area contributed by atoms with Crippen molar-refractivity contribution in [2.24, 2.45) is 11.7 Å². The minimum absolute atomic E-state index is 0.216. The quantitative estimate of drug-likeness (QED) is 0.502. The van der Waals surface area contributed by atoms with Gasteiger partial charge in [-0.15, -0.1) is 0 Å². The number of hydrogen-bond donors (Lipinski definition) is 1. The van der Waals surface area contributed by atoms with Gasteiger partial charge in [-0.1, -0.05) is 13.8 Å². The van der Waals surface area contributed by atoms with E-state index in [0.29, 0.717) is 6.42 Å². The second-order valence-electron chi connectivity index (χ2n) is 3.29. The van der Waals surface area contributed by atoms with Crippen LogP contribution in [0.15, 0.2) is 0 Å². The van der Waals surface area contributed by atoms with E-state index < -0.39 is 12.0 Å². The van der Waals surface area contributed by atoms with Gasteiger partial charge in [-0.25, -0.2) is 4.79 Å². The van der Waals surface area contributed by atoms with Crippen LogP contribution in [0.1, 0.15) is 27.2 Å². The molecule has 0 aliphatic rings. The Morgan fingerprint density at radius 2 is 1.92 bits per heavy atom. The predicted molar refractivity (Wildman–Crippen MR) is 49.1 cm³/mol. The SMILES string of the molecule is CCOC(=O)C(N)C(=O)CC(C)C. The molecule has 0 saturated carbocycles.